The Hall–Kier alpha value is -3.43. The number of halogens is 4. The Morgan fingerprint density at radius 2 is 1.70 bits per heavy atom. The summed E-state index contributed by atoms with van der Waals surface area (Å²) in [6, 6.07) is 14.4. The Morgan fingerprint density at radius 1 is 1.00 bits per heavy atom. The van der Waals surface area contributed by atoms with Gasteiger partial charge in [0.25, 0.3) is 0 Å². The normalized spacial score (nSPS) is 13.5. The largest absolute Gasteiger partial charge is 0.439 e. The van der Waals surface area contributed by atoms with Crippen LogP contribution in [0.1, 0.15) is 18.1 Å². The van der Waals surface area contributed by atoms with Crippen LogP contribution in [0.2, 0.25) is 5.02 Å². The molecule has 2 heterocycles. The number of nitrogens with zero attached hydrogens (tertiary/aromatic N) is 4. The topological polar surface area (TPSA) is 73.1 Å². The van der Waals surface area contributed by atoms with E-state index in [-0.39, 0.29) is 18.1 Å². The van der Waals surface area contributed by atoms with E-state index in [1.54, 1.807) is 43.3 Å². The molecular weight excluding hydrogens is 457 g/mol. The number of aromatic nitrogens is 4. The van der Waals surface area contributed by atoms with Gasteiger partial charge in [0.1, 0.15) is 24.0 Å². The summed E-state index contributed by atoms with van der Waals surface area (Å²) in [5.74, 6) is 0.680. The minimum absolute atomic E-state index is 0.0553. The minimum atomic E-state index is -4.47. The van der Waals surface area contributed by atoms with E-state index in [0.29, 0.717) is 21.9 Å². The van der Waals surface area contributed by atoms with Gasteiger partial charge in [-0.1, -0.05) is 23.7 Å². The Bertz CT molecular complexity index is 1230. The van der Waals surface area contributed by atoms with Crippen molar-refractivity contribution in [3.63, 3.8) is 0 Å². The molecule has 2 aromatic heterocycles. The molecule has 170 valence electrons. The standard InChI is InChI=1S/C23H18ClF3N4O2/c1-22(32,12-31-14-28-13-29-31)19-10-11-20(33-18-8-6-17(24)7-9-18)30-21(19)15-2-4-16(5-3-15)23(25,26)27/h2-11,13-14,32H,12H2,1H3. The summed E-state index contributed by atoms with van der Waals surface area (Å²) in [6.45, 7) is 1.62. The third-order valence-corrected chi connectivity index (χ3v) is 5.16. The van der Waals surface area contributed by atoms with Gasteiger partial charge in [-0.15, -0.1) is 0 Å². The molecule has 0 saturated heterocycles. The molecule has 2 aromatic carbocycles. The van der Waals surface area contributed by atoms with Crippen molar-refractivity contribution in [2.45, 2.75) is 25.2 Å². The zero-order valence-electron chi connectivity index (χ0n) is 17.3. The summed E-state index contributed by atoms with van der Waals surface area (Å²) in [6.07, 6.45) is -1.67. The Balaban J connectivity index is 1.76. The van der Waals surface area contributed by atoms with Gasteiger partial charge in [-0.2, -0.15) is 18.3 Å². The van der Waals surface area contributed by atoms with Crippen molar-refractivity contribution in [2.75, 3.05) is 0 Å². The SMILES string of the molecule is CC(O)(Cn1cncn1)c1ccc(Oc2ccc(Cl)cc2)nc1-c1ccc(C(F)(F)F)cc1. The van der Waals surface area contributed by atoms with Gasteiger partial charge in [-0.3, -0.25) is 0 Å². The van der Waals surface area contributed by atoms with E-state index in [0.717, 1.165) is 12.1 Å². The third-order valence-electron chi connectivity index (χ3n) is 4.91. The number of hydrogen-bond acceptors (Lipinski definition) is 5. The van der Waals surface area contributed by atoms with Crippen LogP contribution in [0.4, 0.5) is 13.2 Å². The Morgan fingerprint density at radius 3 is 2.30 bits per heavy atom. The zero-order chi connectivity index (χ0) is 23.6. The average molecular weight is 475 g/mol. The highest BCUT2D eigenvalue weighted by Crippen LogP contribution is 2.36. The number of rotatable bonds is 6. The smallest absolute Gasteiger partial charge is 0.416 e. The molecule has 0 aliphatic heterocycles. The van der Waals surface area contributed by atoms with E-state index >= 15 is 0 Å². The summed E-state index contributed by atoms with van der Waals surface area (Å²) in [7, 11) is 0. The van der Waals surface area contributed by atoms with E-state index in [4.69, 9.17) is 16.3 Å². The van der Waals surface area contributed by atoms with Gasteiger partial charge in [-0.25, -0.2) is 14.6 Å². The van der Waals surface area contributed by atoms with Crippen LogP contribution in [-0.4, -0.2) is 24.9 Å². The molecular formula is C23H18ClF3N4O2. The Labute approximate surface area is 192 Å². The molecule has 0 radical (unpaired) electrons. The van der Waals surface area contributed by atoms with Crippen LogP contribution in [0, 0.1) is 0 Å². The fourth-order valence-electron chi connectivity index (χ4n) is 3.31. The van der Waals surface area contributed by atoms with E-state index in [1.807, 2.05) is 0 Å². The highest BCUT2D eigenvalue weighted by molar-refractivity contribution is 6.30. The lowest BCUT2D eigenvalue weighted by Gasteiger charge is -2.26. The molecule has 4 rings (SSSR count). The molecule has 1 N–H and O–H groups in total. The summed E-state index contributed by atoms with van der Waals surface area (Å²) in [5, 5.41) is 15.8. The monoisotopic (exact) mass is 474 g/mol. The molecule has 0 aliphatic carbocycles. The summed E-state index contributed by atoms with van der Waals surface area (Å²) >= 11 is 5.90. The molecule has 33 heavy (non-hydrogen) atoms. The van der Waals surface area contributed by atoms with Crippen LogP contribution in [0.25, 0.3) is 11.3 Å². The van der Waals surface area contributed by atoms with Crippen LogP contribution in [-0.2, 0) is 18.3 Å². The van der Waals surface area contributed by atoms with Crippen molar-refractivity contribution in [3.05, 3.63) is 89.5 Å². The highest BCUT2D eigenvalue weighted by atomic mass is 35.5. The highest BCUT2D eigenvalue weighted by Gasteiger charge is 2.32. The molecule has 4 aromatic rings. The molecule has 0 fully saturated rings. The van der Waals surface area contributed by atoms with E-state index < -0.39 is 17.3 Å². The van der Waals surface area contributed by atoms with Gasteiger partial charge in [0.05, 0.1) is 17.8 Å². The quantitative estimate of drug-likeness (QED) is 0.387. The van der Waals surface area contributed by atoms with Crippen molar-refractivity contribution >= 4 is 11.6 Å². The molecule has 1 atom stereocenters. The van der Waals surface area contributed by atoms with Gasteiger partial charge in [0.15, 0.2) is 0 Å². The lowest BCUT2D eigenvalue weighted by Crippen LogP contribution is -2.29. The lowest BCUT2D eigenvalue weighted by molar-refractivity contribution is -0.137. The molecule has 10 heteroatoms. The second-order valence-corrected chi connectivity index (χ2v) is 7.98. The first-order chi connectivity index (χ1) is 15.6. The predicted octanol–water partition coefficient (Wildman–Crippen LogP) is 5.71. The van der Waals surface area contributed by atoms with Crippen LogP contribution < -0.4 is 4.74 Å². The predicted molar refractivity (Wildman–Crippen MR) is 116 cm³/mol. The van der Waals surface area contributed by atoms with Gasteiger partial charge in [-0.05, 0) is 49.4 Å². The fraction of sp³-hybridized carbons (Fsp3) is 0.174. The average Bonchev–Trinajstić information content (AvgIpc) is 3.27. The van der Waals surface area contributed by atoms with E-state index in [9.17, 15) is 18.3 Å². The molecule has 6 nitrogen and oxygen atoms in total. The van der Waals surface area contributed by atoms with Crippen LogP contribution in [0.5, 0.6) is 11.6 Å². The first kappa shape index (κ1) is 22.8. The molecule has 0 bridgehead atoms. The van der Waals surface area contributed by atoms with Crippen molar-refractivity contribution < 1.29 is 23.0 Å². The number of pyridine rings is 1. The van der Waals surface area contributed by atoms with Gasteiger partial charge < -0.3 is 9.84 Å². The molecule has 0 spiro atoms. The van der Waals surface area contributed by atoms with Crippen molar-refractivity contribution in [1.29, 1.82) is 0 Å². The maximum Gasteiger partial charge on any atom is 0.416 e. The van der Waals surface area contributed by atoms with Gasteiger partial charge >= 0.3 is 6.18 Å². The second kappa shape index (κ2) is 8.84. The number of benzene rings is 2. The van der Waals surface area contributed by atoms with Gasteiger partial charge in [0.2, 0.25) is 5.88 Å². The van der Waals surface area contributed by atoms with E-state index in [1.165, 1.54) is 29.5 Å². The second-order valence-electron chi connectivity index (χ2n) is 7.54. The molecule has 0 aliphatic rings. The molecule has 1 unspecified atom stereocenters. The summed E-state index contributed by atoms with van der Waals surface area (Å²) in [5.41, 5.74) is -1.19. The number of hydrogen-bond donors (Lipinski definition) is 1. The van der Waals surface area contributed by atoms with Crippen molar-refractivity contribution in [1.82, 2.24) is 19.7 Å². The van der Waals surface area contributed by atoms with Crippen LogP contribution in [0.15, 0.2) is 73.3 Å². The number of aliphatic hydroxyl groups is 1. The molecule has 0 saturated carbocycles. The minimum Gasteiger partial charge on any atom is -0.439 e. The maximum atomic E-state index is 13.0. The Kier molecular flexibility index (Phi) is 6.09. The third kappa shape index (κ3) is 5.32. The summed E-state index contributed by atoms with van der Waals surface area (Å²) in [4.78, 5) is 8.38. The molecule has 0 amide bonds. The lowest BCUT2D eigenvalue weighted by atomic mass is 9.91. The van der Waals surface area contributed by atoms with Crippen LogP contribution >= 0.6 is 11.6 Å². The first-order valence-electron chi connectivity index (χ1n) is 9.79. The number of alkyl halides is 3. The summed E-state index contributed by atoms with van der Waals surface area (Å²) < 4.78 is 46.4. The van der Waals surface area contributed by atoms with E-state index in [2.05, 4.69) is 15.1 Å². The van der Waals surface area contributed by atoms with Crippen molar-refractivity contribution in [3.8, 4) is 22.9 Å². The maximum absolute atomic E-state index is 13.0. The zero-order valence-corrected chi connectivity index (χ0v) is 18.0. The number of ether oxygens (including phenoxy) is 1. The van der Waals surface area contributed by atoms with Crippen LogP contribution in [0.3, 0.4) is 0 Å². The van der Waals surface area contributed by atoms with Crippen molar-refractivity contribution in [2.24, 2.45) is 0 Å². The van der Waals surface area contributed by atoms with Gasteiger partial charge in [0, 0.05) is 22.2 Å². The fourth-order valence-corrected chi connectivity index (χ4v) is 3.43. The first-order valence-corrected chi connectivity index (χ1v) is 10.2.